The molecule has 5 nitrogen and oxygen atoms in total. The average Bonchev–Trinajstić information content (AvgIpc) is 3.03. The van der Waals surface area contributed by atoms with Crippen molar-refractivity contribution in [2.45, 2.75) is 32.0 Å². The Labute approximate surface area is 136 Å². The molecule has 1 saturated heterocycles. The highest BCUT2D eigenvalue weighted by atomic mass is 16.1. The van der Waals surface area contributed by atoms with Crippen molar-refractivity contribution in [3.63, 3.8) is 0 Å². The van der Waals surface area contributed by atoms with Crippen LogP contribution in [-0.2, 0) is 17.9 Å². The topological polar surface area (TPSA) is 71.2 Å². The molecule has 1 atom stereocenters. The Bertz CT molecular complexity index is 659. The van der Waals surface area contributed by atoms with Gasteiger partial charge in [-0.3, -0.25) is 14.7 Å². The number of aromatic nitrogens is 1. The summed E-state index contributed by atoms with van der Waals surface area (Å²) in [6, 6.07) is 12.1. The quantitative estimate of drug-likeness (QED) is 0.857. The van der Waals surface area contributed by atoms with Gasteiger partial charge in [-0.15, -0.1) is 0 Å². The summed E-state index contributed by atoms with van der Waals surface area (Å²) in [5.41, 5.74) is 8.92. The number of pyridine rings is 1. The highest BCUT2D eigenvalue weighted by Crippen LogP contribution is 2.24. The lowest BCUT2D eigenvalue weighted by Crippen LogP contribution is -2.39. The van der Waals surface area contributed by atoms with Crippen LogP contribution in [0.3, 0.4) is 0 Å². The zero-order chi connectivity index (χ0) is 16.1. The summed E-state index contributed by atoms with van der Waals surface area (Å²) in [7, 11) is 0. The molecule has 1 amide bonds. The maximum Gasteiger partial charge on any atom is 0.234 e. The fourth-order valence-corrected chi connectivity index (χ4v) is 3.09. The van der Waals surface area contributed by atoms with Crippen LogP contribution in [0.2, 0.25) is 0 Å². The molecule has 1 aromatic carbocycles. The number of rotatable bonds is 6. The molecule has 23 heavy (non-hydrogen) atoms. The molecule has 0 saturated carbocycles. The highest BCUT2D eigenvalue weighted by Gasteiger charge is 2.29. The number of anilines is 1. The largest absolute Gasteiger partial charge is 0.381 e. The van der Waals surface area contributed by atoms with E-state index < -0.39 is 0 Å². The van der Waals surface area contributed by atoms with Gasteiger partial charge in [0.2, 0.25) is 5.91 Å². The van der Waals surface area contributed by atoms with Crippen LogP contribution in [0.25, 0.3) is 0 Å². The van der Waals surface area contributed by atoms with Gasteiger partial charge >= 0.3 is 0 Å². The Kier molecular flexibility index (Phi) is 4.88. The molecule has 0 bridgehead atoms. The number of hydrogen-bond acceptors (Lipinski definition) is 4. The molecule has 0 aliphatic carbocycles. The number of benzene rings is 1. The molecule has 5 heteroatoms. The molecule has 2 heterocycles. The standard InChI is InChI=1S/C18H22N4O/c19-18(23)17-8-4-10-22(17)13-15-6-1-2-7-16(15)21-12-14-5-3-9-20-11-14/h1-3,5-7,9,11,17,21H,4,8,10,12-13H2,(H2,19,23). The molecule has 2 aromatic rings. The maximum absolute atomic E-state index is 11.6. The van der Waals surface area contributed by atoms with Crippen molar-refractivity contribution < 1.29 is 4.79 Å². The van der Waals surface area contributed by atoms with Crippen molar-refractivity contribution in [1.29, 1.82) is 0 Å². The highest BCUT2D eigenvalue weighted by molar-refractivity contribution is 5.80. The van der Waals surface area contributed by atoms with Gasteiger partial charge in [-0.1, -0.05) is 24.3 Å². The molecule has 1 unspecified atom stereocenters. The first-order valence-electron chi connectivity index (χ1n) is 7.98. The second kappa shape index (κ2) is 7.24. The Morgan fingerprint density at radius 2 is 2.17 bits per heavy atom. The number of carbonyl (C=O) groups excluding carboxylic acids is 1. The van der Waals surface area contributed by atoms with E-state index in [0.717, 1.165) is 43.7 Å². The monoisotopic (exact) mass is 310 g/mol. The van der Waals surface area contributed by atoms with Gasteiger partial charge in [-0.2, -0.15) is 0 Å². The molecule has 0 radical (unpaired) electrons. The Morgan fingerprint density at radius 1 is 1.30 bits per heavy atom. The van der Waals surface area contributed by atoms with Crippen LogP contribution in [-0.4, -0.2) is 28.4 Å². The lowest BCUT2D eigenvalue weighted by molar-refractivity contribution is -0.122. The number of amides is 1. The number of nitrogens with one attached hydrogen (secondary N) is 1. The van der Waals surface area contributed by atoms with E-state index in [1.165, 1.54) is 5.56 Å². The average molecular weight is 310 g/mol. The molecule has 3 N–H and O–H groups in total. The third kappa shape index (κ3) is 3.87. The first kappa shape index (κ1) is 15.5. The van der Waals surface area contributed by atoms with Crippen LogP contribution in [0.15, 0.2) is 48.8 Å². The molecular formula is C18H22N4O. The number of likely N-dealkylation sites (tertiary alicyclic amines) is 1. The lowest BCUT2D eigenvalue weighted by atomic mass is 10.1. The van der Waals surface area contributed by atoms with Gasteiger partial charge in [0.05, 0.1) is 6.04 Å². The minimum Gasteiger partial charge on any atom is -0.381 e. The van der Waals surface area contributed by atoms with Gasteiger partial charge in [-0.05, 0) is 42.6 Å². The SMILES string of the molecule is NC(=O)C1CCCN1Cc1ccccc1NCc1cccnc1. The minimum atomic E-state index is -0.219. The van der Waals surface area contributed by atoms with Crippen molar-refractivity contribution in [3.8, 4) is 0 Å². The van der Waals surface area contributed by atoms with E-state index >= 15 is 0 Å². The normalized spacial score (nSPS) is 18.0. The Morgan fingerprint density at radius 3 is 2.96 bits per heavy atom. The number of hydrogen-bond donors (Lipinski definition) is 2. The predicted molar refractivity (Wildman–Crippen MR) is 90.6 cm³/mol. The summed E-state index contributed by atoms with van der Waals surface area (Å²) in [6.45, 7) is 2.39. The summed E-state index contributed by atoms with van der Waals surface area (Å²) >= 11 is 0. The molecule has 120 valence electrons. The number of nitrogens with two attached hydrogens (primary N) is 1. The van der Waals surface area contributed by atoms with Crippen molar-refractivity contribution >= 4 is 11.6 Å². The summed E-state index contributed by atoms with van der Waals surface area (Å²) in [5.74, 6) is -0.219. The van der Waals surface area contributed by atoms with Crippen molar-refractivity contribution in [2.75, 3.05) is 11.9 Å². The summed E-state index contributed by atoms with van der Waals surface area (Å²) in [6.07, 6.45) is 5.52. The molecule has 1 aliphatic heterocycles. The van der Waals surface area contributed by atoms with Gasteiger partial charge in [0.15, 0.2) is 0 Å². The van der Waals surface area contributed by atoms with E-state index in [-0.39, 0.29) is 11.9 Å². The van der Waals surface area contributed by atoms with Crippen molar-refractivity contribution in [1.82, 2.24) is 9.88 Å². The van der Waals surface area contributed by atoms with Gasteiger partial charge in [0, 0.05) is 31.2 Å². The third-order valence-electron chi connectivity index (χ3n) is 4.29. The van der Waals surface area contributed by atoms with Crippen LogP contribution >= 0.6 is 0 Å². The van der Waals surface area contributed by atoms with Crippen LogP contribution in [0.4, 0.5) is 5.69 Å². The van der Waals surface area contributed by atoms with Crippen LogP contribution < -0.4 is 11.1 Å². The van der Waals surface area contributed by atoms with Gasteiger partial charge in [0.25, 0.3) is 0 Å². The van der Waals surface area contributed by atoms with Crippen LogP contribution in [0.5, 0.6) is 0 Å². The van der Waals surface area contributed by atoms with E-state index in [2.05, 4.69) is 27.3 Å². The van der Waals surface area contributed by atoms with E-state index in [1.807, 2.05) is 30.5 Å². The second-order valence-electron chi connectivity index (χ2n) is 5.90. The molecule has 3 rings (SSSR count). The third-order valence-corrected chi connectivity index (χ3v) is 4.29. The second-order valence-corrected chi connectivity index (χ2v) is 5.90. The first-order valence-corrected chi connectivity index (χ1v) is 7.98. The van der Waals surface area contributed by atoms with E-state index in [1.54, 1.807) is 6.20 Å². The lowest BCUT2D eigenvalue weighted by Gasteiger charge is -2.23. The number of nitrogens with zero attached hydrogens (tertiary/aromatic N) is 2. The molecule has 1 aliphatic rings. The Balaban J connectivity index is 1.69. The van der Waals surface area contributed by atoms with Crippen LogP contribution in [0.1, 0.15) is 24.0 Å². The van der Waals surface area contributed by atoms with Crippen molar-refractivity contribution in [3.05, 3.63) is 59.9 Å². The van der Waals surface area contributed by atoms with Gasteiger partial charge < -0.3 is 11.1 Å². The molecule has 1 aromatic heterocycles. The summed E-state index contributed by atoms with van der Waals surface area (Å²) < 4.78 is 0. The van der Waals surface area contributed by atoms with Crippen molar-refractivity contribution in [2.24, 2.45) is 5.73 Å². The first-order chi connectivity index (χ1) is 11.2. The predicted octanol–water partition coefficient (Wildman–Crippen LogP) is 2.14. The minimum absolute atomic E-state index is 0.138. The zero-order valence-corrected chi connectivity index (χ0v) is 13.1. The number of carbonyl (C=O) groups is 1. The Hall–Kier alpha value is -2.40. The number of primary amides is 1. The molecule has 0 spiro atoms. The zero-order valence-electron chi connectivity index (χ0n) is 13.1. The summed E-state index contributed by atoms with van der Waals surface area (Å²) in [5, 5.41) is 3.46. The van der Waals surface area contributed by atoms with E-state index in [0.29, 0.717) is 0 Å². The smallest absolute Gasteiger partial charge is 0.234 e. The van der Waals surface area contributed by atoms with E-state index in [4.69, 9.17) is 5.73 Å². The molecule has 1 fully saturated rings. The van der Waals surface area contributed by atoms with Gasteiger partial charge in [0.1, 0.15) is 0 Å². The fourth-order valence-electron chi connectivity index (χ4n) is 3.09. The number of para-hydroxylation sites is 1. The van der Waals surface area contributed by atoms with Crippen LogP contribution in [0, 0.1) is 0 Å². The molecular weight excluding hydrogens is 288 g/mol. The summed E-state index contributed by atoms with van der Waals surface area (Å²) in [4.78, 5) is 17.9. The van der Waals surface area contributed by atoms with E-state index in [9.17, 15) is 4.79 Å². The maximum atomic E-state index is 11.6. The van der Waals surface area contributed by atoms with Gasteiger partial charge in [-0.25, -0.2) is 0 Å². The fraction of sp³-hybridized carbons (Fsp3) is 0.333.